The van der Waals surface area contributed by atoms with Gasteiger partial charge in [-0.25, -0.2) is 0 Å². The summed E-state index contributed by atoms with van der Waals surface area (Å²) >= 11 is 0. The van der Waals surface area contributed by atoms with Crippen LogP contribution in [0.4, 0.5) is 0 Å². The average Bonchev–Trinajstić information content (AvgIpc) is 2.42. The molecule has 1 aliphatic rings. The van der Waals surface area contributed by atoms with Crippen LogP contribution in [0.15, 0.2) is 0 Å². The molecular weight excluding hydrogens is 224 g/mol. The predicted molar refractivity (Wildman–Crippen MR) is 72.8 cm³/mol. The number of hydrogen-bond acceptors (Lipinski definition) is 2. The maximum atomic E-state index is 12.5. The lowest BCUT2D eigenvalue weighted by molar-refractivity contribution is -0.141. The molecule has 0 bridgehead atoms. The van der Waals surface area contributed by atoms with Crippen molar-refractivity contribution in [3.8, 4) is 6.07 Å². The van der Waals surface area contributed by atoms with E-state index in [1.54, 1.807) is 0 Å². The van der Waals surface area contributed by atoms with Crippen molar-refractivity contribution < 1.29 is 4.79 Å². The third kappa shape index (κ3) is 2.68. The number of amides is 1. The second kappa shape index (κ2) is 5.73. The van der Waals surface area contributed by atoms with Crippen molar-refractivity contribution in [2.75, 3.05) is 13.1 Å². The first-order valence-electron chi connectivity index (χ1n) is 7.17. The second-order valence-electron chi connectivity index (χ2n) is 5.86. The summed E-state index contributed by atoms with van der Waals surface area (Å²) in [5.74, 6) is 0.0492. The van der Waals surface area contributed by atoms with Crippen LogP contribution in [0.1, 0.15) is 59.8 Å². The molecule has 0 saturated carbocycles. The molecule has 1 rings (SSSR count). The summed E-state index contributed by atoms with van der Waals surface area (Å²) in [6.07, 6.45) is 4.51. The zero-order valence-corrected chi connectivity index (χ0v) is 12.3. The van der Waals surface area contributed by atoms with Crippen molar-refractivity contribution in [3.05, 3.63) is 0 Å². The summed E-state index contributed by atoms with van der Waals surface area (Å²) < 4.78 is 0. The van der Waals surface area contributed by atoms with Gasteiger partial charge in [0.15, 0.2) is 0 Å². The Bertz CT molecular complexity index is 331. The molecule has 1 saturated heterocycles. The highest BCUT2D eigenvalue weighted by atomic mass is 16.2. The summed E-state index contributed by atoms with van der Waals surface area (Å²) in [6, 6.07) is 2.26. The Morgan fingerprint density at radius 2 is 1.78 bits per heavy atom. The molecular formula is C15H26N2O. The summed E-state index contributed by atoms with van der Waals surface area (Å²) in [7, 11) is 0. The lowest BCUT2D eigenvalue weighted by atomic mass is 9.76. The first-order valence-corrected chi connectivity index (χ1v) is 7.17. The van der Waals surface area contributed by atoms with Gasteiger partial charge in [-0.3, -0.25) is 4.79 Å². The molecule has 0 unspecified atom stereocenters. The van der Waals surface area contributed by atoms with Gasteiger partial charge in [0.2, 0.25) is 5.91 Å². The van der Waals surface area contributed by atoms with Crippen LogP contribution >= 0.6 is 0 Å². The molecule has 1 amide bonds. The van der Waals surface area contributed by atoms with Crippen LogP contribution in [-0.4, -0.2) is 23.9 Å². The minimum atomic E-state index is -0.792. The Balaban J connectivity index is 2.74. The summed E-state index contributed by atoms with van der Waals surface area (Å²) in [5, 5.41) is 9.33. The van der Waals surface area contributed by atoms with Crippen LogP contribution in [0.3, 0.4) is 0 Å². The van der Waals surface area contributed by atoms with E-state index in [9.17, 15) is 10.1 Å². The molecule has 0 N–H and O–H groups in total. The Hall–Kier alpha value is -1.04. The van der Waals surface area contributed by atoms with E-state index in [1.165, 1.54) is 6.42 Å². The van der Waals surface area contributed by atoms with Crippen LogP contribution in [0.25, 0.3) is 0 Å². The lowest BCUT2D eigenvalue weighted by Crippen LogP contribution is -2.48. The first-order chi connectivity index (χ1) is 8.47. The number of nitrogens with zero attached hydrogens (tertiary/aromatic N) is 2. The predicted octanol–water partition coefficient (Wildman–Crippen LogP) is 3.36. The van der Waals surface area contributed by atoms with E-state index in [2.05, 4.69) is 19.9 Å². The molecule has 1 aliphatic heterocycles. The quantitative estimate of drug-likeness (QED) is 0.768. The van der Waals surface area contributed by atoms with Crippen molar-refractivity contribution in [2.24, 2.45) is 10.8 Å². The summed E-state index contributed by atoms with van der Waals surface area (Å²) in [4.78, 5) is 14.4. The van der Waals surface area contributed by atoms with Crippen molar-refractivity contribution in [1.29, 1.82) is 5.26 Å². The highest BCUT2D eigenvalue weighted by Gasteiger charge is 2.40. The highest BCUT2D eigenvalue weighted by molar-refractivity contribution is 5.85. The van der Waals surface area contributed by atoms with Crippen LogP contribution in [0.2, 0.25) is 0 Å². The van der Waals surface area contributed by atoms with E-state index in [-0.39, 0.29) is 5.91 Å². The molecule has 0 aliphatic carbocycles. The Labute approximate surface area is 111 Å². The maximum Gasteiger partial charge on any atom is 0.243 e. The van der Waals surface area contributed by atoms with Gasteiger partial charge < -0.3 is 4.90 Å². The monoisotopic (exact) mass is 250 g/mol. The Morgan fingerprint density at radius 1 is 1.28 bits per heavy atom. The van der Waals surface area contributed by atoms with Gasteiger partial charge in [-0.2, -0.15) is 5.26 Å². The largest absolute Gasteiger partial charge is 0.341 e. The van der Waals surface area contributed by atoms with Crippen molar-refractivity contribution in [1.82, 2.24) is 4.90 Å². The Morgan fingerprint density at radius 3 is 2.11 bits per heavy atom. The molecule has 0 aromatic carbocycles. The summed E-state index contributed by atoms with van der Waals surface area (Å²) in [5.41, 5.74) is -0.412. The fourth-order valence-corrected chi connectivity index (χ4v) is 2.66. The molecule has 0 spiro atoms. The fraction of sp³-hybridized carbons (Fsp3) is 0.867. The van der Waals surface area contributed by atoms with Crippen LogP contribution in [0, 0.1) is 22.2 Å². The maximum absolute atomic E-state index is 12.5. The van der Waals surface area contributed by atoms with E-state index in [1.807, 2.05) is 18.7 Å². The SMILES string of the molecule is CCC1(C)CCN(C(=O)C(C#N)(CC)CC)CC1. The number of rotatable bonds is 4. The van der Waals surface area contributed by atoms with E-state index in [0.717, 1.165) is 25.9 Å². The Kier molecular flexibility index (Phi) is 4.78. The number of likely N-dealkylation sites (tertiary alicyclic amines) is 1. The van der Waals surface area contributed by atoms with Crippen molar-refractivity contribution in [2.45, 2.75) is 59.8 Å². The zero-order chi connectivity index (χ0) is 13.8. The normalized spacial score (nSPS) is 19.4. The van der Waals surface area contributed by atoms with Crippen LogP contribution < -0.4 is 0 Å². The molecule has 1 fully saturated rings. The average molecular weight is 250 g/mol. The van der Waals surface area contributed by atoms with Crippen molar-refractivity contribution in [3.63, 3.8) is 0 Å². The topological polar surface area (TPSA) is 44.1 Å². The molecule has 3 heteroatoms. The number of nitriles is 1. The van der Waals surface area contributed by atoms with Gasteiger partial charge in [0.05, 0.1) is 6.07 Å². The van der Waals surface area contributed by atoms with Gasteiger partial charge in [0.1, 0.15) is 5.41 Å². The van der Waals surface area contributed by atoms with E-state index in [0.29, 0.717) is 18.3 Å². The molecule has 0 radical (unpaired) electrons. The van der Waals surface area contributed by atoms with Gasteiger partial charge in [-0.05, 0) is 31.1 Å². The molecule has 1 heterocycles. The van der Waals surface area contributed by atoms with Gasteiger partial charge in [0, 0.05) is 13.1 Å². The van der Waals surface area contributed by atoms with E-state index in [4.69, 9.17) is 0 Å². The molecule has 0 atom stereocenters. The minimum Gasteiger partial charge on any atom is -0.341 e. The van der Waals surface area contributed by atoms with Gasteiger partial charge >= 0.3 is 0 Å². The van der Waals surface area contributed by atoms with Crippen LogP contribution in [0.5, 0.6) is 0 Å². The van der Waals surface area contributed by atoms with Crippen molar-refractivity contribution >= 4 is 5.91 Å². The van der Waals surface area contributed by atoms with Crippen LogP contribution in [-0.2, 0) is 4.79 Å². The third-order valence-electron chi connectivity index (χ3n) is 4.94. The fourth-order valence-electron chi connectivity index (χ4n) is 2.66. The molecule has 102 valence electrons. The number of hydrogen-bond donors (Lipinski definition) is 0. The van der Waals surface area contributed by atoms with Gasteiger partial charge in [-0.15, -0.1) is 0 Å². The number of piperidine rings is 1. The van der Waals surface area contributed by atoms with Gasteiger partial charge in [0.25, 0.3) is 0 Å². The second-order valence-corrected chi connectivity index (χ2v) is 5.86. The smallest absolute Gasteiger partial charge is 0.243 e. The number of carbonyl (C=O) groups excluding carboxylic acids is 1. The van der Waals surface area contributed by atoms with E-state index < -0.39 is 5.41 Å². The minimum absolute atomic E-state index is 0.0492. The number of carbonyl (C=O) groups is 1. The summed E-state index contributed by atoms with van der Waals surface area (Å²) in [6.45, 7) is 10.0. The molecule has 0 aromatic rings. The zero-order valence-electron chi connectivity index (χ0n) is 12.3. The third-order valence-corrected chi connectivity index (χ3v) is 4.94. The lowest BCUT2D eigenvalue weighted by Gasteiger charge is -2.41. The van der Waals surface area contributed by atoms with Gasteiger partial charge in [-0.1, -0.05) is 34.1 Å². The standard InChI is InChI=1S/C15H26N2O/c1-5-14(4)8-10-17(11-9-14)13(18)15(6-2,7-3)12-16/h5-11H2,1-4H3. The molecule has 0 aromatic heterocycles. The van der Waals surface area contributed by atoms with E-state index >= 15 is 0 Å². The molecule has 3 nitrogen and oxygen atoms in total. The molecule has 18 heavy (non-hydrogen) atoms. The first kappa shape index (κ1) is 15.0. The highest BCUT2D eigenvalue weighted by Crippen LogP contribution is 2.36.